The molecule has 0 aromatic heterocycles. The lowest BCUT2D eigenvalue weighted by Crippen LogP contribution is -2.51. The van der Waals surface area contributed by atoms with Gasteiger partial charge in [-0.1, -0.05) is 36.7 Å². The van der Waals surface area contributed by atoms with Crippen LogP contribution in [0.1, 0.15) is 22.8 Å². The fraction of sp³-hybridized carbons (Fsp3) is 0.364. The van der Waals surface area contributed by atoms with Crippen LogP contribution in [0.5, 0.6) is 0 Å². The molecule has 1 N–H and O–H groups in total. The number of Topliss-reactive ketones (excluding diaryl/α,β-unsaturated/α-hetero) is 1. The van der Waals surface area contributed by atoms with E-state index in [-0.39, 0.29) is 5.78 Å². The number of aliphatic hydroxyl groups is 1. The molecule has 2 aliphatic heterocycles. The molecule has 2 aliphatic rings. The van der Waals surface area contributed by atoms with Crippen LogP contribution in [0.25, 0.3) is 0 Å². The van der Waals surface area contributed by atoms with Crippen LogP contribution >= 0.6 is 11.6 Å². The molecule has 152 valence electrons. The van der Waals surface area contributed by atoms with Crippen LogP contribution in [0.15, 0.2) is 48.5 Å². The second kappa shape index (κ2) is 7.88. The minimum atomic E-state index is -1.92. The molecular weight excluding hydrogens is 392 g/mol. The van der Waals surface area contributed by atoms with Gasteiger partial charge in [-0.3, -0.25) is 19.4 Å². The summed E-state index contributed by atoms with van der Waals surface area (Å²) in [7, 11) is 0. The number of nitrogens with zero attached hydrogens (tertiary/aromatic N) is 2. The summed E-state index contributed by atoms with van der Waals surface area (Å²) in [5.74, 6) is -1.73. The van der Waals surface area contributed by atoms with Crippen LogP contribution in [0.2, 0.25) is 5.02 Å². The second-order valence-electron chi connectivity index (χ2n) is 7.48. The Morgan fingerprint density at radius 1 is 1.17 bits per heavy atom. The number of carbonyl (C=O) groups excluding carboxylic acids is 2. The number of ketones is 1. The van der Waals surface area contributed by atoms with E-state index in [1.807, 2.05) is 12.1 Å². The lowest BCUT2D eigenvalue weighted by atomic mass is 9.79. The van der Waals surface area contributed by atoms with E-state index in [1.165, 1.54) is 0 Å². The summed E-state index contributed by atoms with van der Waals surface area (Å²) in [5, 5.41) is 12.1. The zero-order valence-corrected chi connectivity index (χ0v) is 16.9. The summed E-state index contributed by atoms with van der Waals surface area (Å²) < 4.78 is 5.38. The Hall–Kier alpha value is -2.25. The molecule has 2 aromatic rings. The maximum Gasteiger partial charge on any atom is 0.265 e. The second-order valence-corrected chi connectivity index (χ2v) is 7.92. The minimum absolute atomic E-state index is 0.305. The Kier molecular flexibility index (Phi) is 5.44. The first-order valence-corrected chi connectivity index (χ1v) is 10.0. The number of carbonyl (C=O) groups is 2. The third-order valence-electron chi connectivity index (χ3n) is 5.77. The Labute approximate surface area is 174 Å². The summed E-state index contributed by atoms with van der Waals surface area (Å²) in [6.07, 6.45) is 0. The van der Waals surface area contributed by atoms with E-state index in [9.17, 15) is 14.7 Å². The number of ether oxygens (including phenoxy) is 1. The predicted octanol–water partition coefficient (Wildman–Crippen LogP) is 2.68. The topological polar surface area (TPSA) is 70.1 Å². The van der Waals surface area contributed by atoms with Gasteiger partial charge in [0.25, 0.3) is 5.91 Å². The molecule has 0 aliphatic carbocycles. The van der Waals surface area contributed by atoms with Crippen molar-refractivity contribution >= 4 is 29.0 Å². The highest BCUT2D eigenvalue weighted by Gasteiger charge is 2.55. The quantitative estimate of drug-likeness (QED) is 0.762. The summed E-state index contributed by atoms with van der Waals surface area (Å²) in [4.78, 5) is 30.2. The molecule has 2 heterocycles. The predicted molar refractivity (Wildman–Crippen MR) is 110 cm³/mol. The molecule has 1 saturated heterocycles. The van der Waals surface area contributed by atoms with Crippen LogP contribution in [0.3, 0.4) is 0 Å². The number of benzene rings is 2. The Morgan fingerprint density at radius 3 is 2.52 bits per heavy atom. The summed E-state index contributed by atoms with van der Waals surface area (Å²) in [5.41, 5.74) is -0.401. The molecule has 1 amide bonds. The van der Waals surface area contributed by atoms with Gasteiger partial charge >= 0.3 is 0 Å². The van der Waals surface area contributed by atoms with Crippen LogP contribution < -0.4 is 4.90 Å². The number of para-hydroxylation sites is 1. The summed E-state index contributed by atoms with van der Waals surface area (Å²) >= 11 is 5.92. The largest absolute Gasteiger partial charge is 0.379 e. The number of morpholine rings is 1. The van der Waals surface area contributed by atoms with Crippen LogP contribution in [-0.4, -0.2) is 54.7 Å². The average Bonchev–Trinajstić information content (AvgIpc) is 2.97. The van der Waals surface area contributed by atoms with Gasteiger partial charge in [0, 0.05) is 29.2 Å². The molecule has 0 saturated carbocycles. The number of anilines is 1. The molecule has 7 heteroatoms. The van der Waals surface area contributed by atoms with Gasteiger partial charge in [0.2, 0.25) is 0 Å². The molecule has 1 fully saturated rings. The number of halogens is 1. The molecule has 6 nitrogen and oxygen atoms in total. The number of fused-ring (bicyclic) bond motifs is 1. The van der Waals surface area contributed by atoms with E-state index < -0.39 is 17.4 Å². The first-order valence-electron chi connectivity index (χ1n) is 9.66. The van der Waals surface area contributed by atoms with E-state index in [0.29, 0.717) is 54.8 Å². The molecule has 2 aromatic carbocycles. The van der Waals surface area contributed by atoms with Gasteiger partial charge in [0.15, 0.2) is 11.4 Å². The maximum absolute atomic E-state index is 13.4. The van der Waals surface area contributed by atoms with E-state index in [1.54, 1.807) is 48.2 Å². The SMILES string of the molecule is C[C@@H](C(=O)c1ccc(Cl)cc1)[C@@]1(O)C(=O)N(CN2CCOCC2)c2ccccc21. The van der Waals surface area contributed by atoms with Gasteiger partial charge in [-0.05, 0) is 30.3 Å². The third-order valence-corrected chi connectivity index (χ3v) is 6.02. The van der Waals surface area contributed by atoms with E-state index >= 15 is 0 Å². The van der Waals surface area contributed by atoms with Crippen LogP contribution in [0, 0.1) is 5.92 Å². The molecule has 0 radical (unpaired) electrons. The van der Waals surface area contributed by atoms with Crippen molar-refractivity contribution in [3.8, 4) is 0 Å². The number of rotatable bonds is 5. The highest BCUT2D eigenvalue weighted by Crippen LogP contribution is 2.45. The zero-order chi connectivity index (χ0) is 20.6. The summed E-state index contributed by atoms with van der Waals surface area (Å²) in [6.45, 7) is 4.60. The van der Waals surface area contributed by atoms with E-state index in [4.69, 9.17) is 16.3 Å². The molecule has 2 atom stereocenters. The fourth-order valence-electron chi connectivity index (χ4n) is 4.02. The third kappa shape index (κ3) is 3.46. The van der Waals surface area contributed by atoms with Crippen LogP contribution in [-0.2, 0) is 15.1 Å². The van der Waals surface area contributed by atoms with E-state index in [0.717, 1.165) is 0 Å². The highest BCUT2D eigenvalue weighted by molar-refractivity contribution is 6.30. The van der Waals surface area contributed by atoms with Gasteiger partial charge in [-0.25, -0.2) is 0 Å². The summed E-state index contributed by atoms with van der Waals surface area (Å²) in [6, 6.07) is 13.6. The van der Waals surface area contributed by atoms with Crippen molar-refractivity contribution < 1.29 is 19.4 Å². The monoisotopic (exact) mass is 414 g/mol. The van der Waals surface area contributed by atoms with Crippen molar-refractivity contribution in [2.75, 3.05) is 37.9 Å². The standard InChI is InChI=1S/C22H23ClN2O4/c1-15(20(26)16-6-8-17(23)9-7-16)22(28)18-4-2-3-5-19(18)25(21(22)27)14-24-10-12-29-13-11-24/h2-9,15,28H,10-14H2,1H3/t15-,22-/m0/s1. The number of hydrogen-bond acceptors (Lipinski definition) is 5. The molecule has 4 rings (SSSR count). The molecule has 0 bridgehead atoms. The molecular formula is C22H23ClN2O4. The van der Waals surface area contributed by atoms with Crippen molar-refractivity contribution in [2.24, 2.45) is 5.92 Å². The van der Waals surface area contributed by atoms with Gasteiger partial charge in [-0.2, -0.15) is 0 Å². The maximum atomic E-state index is 13.4. The van der Waals surface area contributed by atoms with Crippen molar-refractivity contribution in [3.05, 3.63) is 64.7 Å². The smallest absolute Gasteiger partial charge is 0.265 e. The number of hydrogen-bond donors (Lipinski definition) is 1. The normalized spacial score (nSPS) is 23.1. The van der Waals surface area contributed by atoms with Crippen molar-refractivity contribution in [1.82, 2.24) is 4.90 Å². The zero-order valence-electron chi connectivity index (χ0n) is 16.2. The first-order chi connectivity index (χ1) is 13.9. The van der Waals surface area contributed by atoms with Gasteiger partial charge in [0.05, 0.1) is 31.5 Å². The van der Waals surface area contributed by atoms with Gasteiger partial charge < -0.3 is 9.84 Å². The first kappa shape index (κ1) is 20.0. The average molecular weight is 415 g/mol. The Morgan fingerprint density at radius 2 is 1.83 bits per heavy atom. The number of amides is 1. The van der Waals surface area contributed by atoms with Crippen molar-refractivity contribution in [1.29, 1.82) is 0 Å². The van der Waals surface area contributed by atoms with Crippen molar-refractivity contribution in [2.45, 2.75) is 12.5 Å². The van der Waals surface area contributed by atoms with E-state index in [2.05, 4.69) is 4.90 Å². The lowest BCUT2D eigenvalue weighted by Gasteiger charge is -2.32. The Bertz CT molecular complexity index is 927. The fourth-order valence-corrected chi connectivity index (χ4v) is 4.14. The Balaban J connectivity index is 1.67. The molecule has 0 spiro atoms. The lowest BCUT2D eigenvalue weighted by molar-refractivity contribution is -0.140. The van der Waals surface area contributed by atoms with Gasteiger partial charge in [-0.15, -0.1) is 0 Å². The highest BCUT2D eigenvalue weighted by atomic mass is 35.5. The van der Waals surface area contributed by atoms with Crippen LogP contribution in [0.4, 0.5) is 5.69 Å². The molecule has 29 heavy (non-hydrogen) atoms. The van der Waals surface area contributed by atoms with Gasteiger partial charge in [0.1, 0.15) is 0 Å². The van der Waals surface area contributed by atoms with Crippen molar-refractivity contribution in [3.63, 3.8) is 0 Å². The molecule has 0 unspecified atom stereocenters. The minimum Gasteiger partial charge on any atom is -0.379 e.